The number of benzene rings is 2. The van der Waals surface area contributed by atoms with E-state index in [1.807, 2.05) is 24.3 Å². The van der Waals surface area contributed by atoms with Crippen LogP contribution < -0.4 is 14.4 Å². The predicted octanol–water partition coefficient (Wildman–Crippen LogP) is 1.99. The van der Waals surface area contributed by atoms with Crippen LogP contribution in [0.2, 0.25) is 0 Å². The maximum absolute atomic E-state index is 12.2. The molecular formula is C21H20N2O5S. The molecule has 7 nitrogen and oxygen atoms in total. The number of esters is 1. The van der Waals surface area contributed by atoms with Crippen LogP contribution in [0.15, 0.2) is 48.5 Å². The lowest BCUT2D eigenvalue weighted by molar-refractivity contribution is -0.131. The van der Waals surface area contributed by atoms with E-state index in [0.29, 0.717) is 12.2 Å². The summed E-state index contributed by atoms with van der Waals surface area (Å²) in [6.07, 6.45) is 1.49. The monoisotopic (exact) mass is 412 g/mol. The average Bonchev–Trinajstić information content (AvgIpc) is 2.64. The summed E-state index contributed by atoms with van der Waals surface area (Å²) in [5, 5.41) is 0. The molecule has 0 saturated carbocycles. The van der Waals surface area contributed by atoms with E-state index >= 15 is 0 Å². The molecule has 150 valence electrons. The van der Waals surface area contributed by atoms with E-state index in [-0.39, 0.29) is 24.5 Å². The zero-order chi connectivity index (χ0) is 21.0. The van der Waals surface area contributed by atoms with Gasteiger partial charge in [0.1, 0.15) is 5.75 Å². The van der Waals surface area contributed by atoms with Gasteiger partial charge in [0.2, 0.25) is 15.9 Å². The highest BCUT2D eigenvalue weighted by Gasteiger charge is 2.38. The summed E-state index contributed by atoms with van der Waals surface area (Å²) in [6.45, 7) is 1.38. The van der Waals surface area contributed by atoms with E-state index in [0.717, 1.165) is 23.1 Å². The van der Waals surface area contributed by atoms with Gasteiger partial charge in [0, 0.05) is 18.2 Å². The van der Waals surface area contributed by atoms with E-state index in [4.69, 9.17) is 4.74 Å². The first-order valence-corrected chi connectivity index (χ1v) is 10.8. The number of ether oxygens (including phenoxy) is 1. The first kappa shape index (κ1) is 20.6. The first-order chi connectivity index (χ1) is 13.7. The second-order valence-corrected chi connectivity index (χ2v) is 8.42. The Kier molecular flexibility index (Phi) is 6.01. The van der Waals surface area contributed by atoms with Crippen molar-refractivity contribution in [2.75, 3.05) is 17.7 Å². The van der Waals surface area contributed by atoms with E-state index in [2.05, 4.69) is 16.6 Å². The van der Waals surface area contributed by atoms with Gasteiger partial charge in [0.05, 0.1) is 25.3 Å². The molecule has 0 bridgehead atoms. The Balaban J connectivity index is 1.68. The molecular weight excluding hydrogens is 392 g/mol. The van der Waals surface area contributed by atoms with Crippen molar-refractivity contribution in [3.8, 4) is 17.6 Å². The second kappa shape index (κ2) is 8.47. The molecule has 2 aromatic rings. The fraction of sp³-hybridized carbons (Fsp3) is 0.238. The maximum atomic E-state index is 12.2. The number of sulfonamides is 1. The highest BCUT2D eigenvalue weighted by molar-refractivity contribution is 7.88. The van der Waals surface area contributed by atoms with Gasteiger partial charge in [0.15, 0.2) is 0 Å². The van der Waals surface area contributed by atoms with Crippen molar-refractivity contribution >= 4 is 27.6 Å². The molecule has 1 atom stereocenters. The largest absolute Gasteiger partial charge is 0.427 e. The third kappa shape index (κ3) is 5.44. The number of nitrogens with one attached hydrogen (secondary N) is 1. The predicted molar refractivity (Wildman–Crippen MR) is 109 cm³/mol. The third-order valence-corrected chi connectivity index (χ3v) is 4.94. The number of β-lactam (4-membered cyclic amide) rings is 1. The minimum atomic E-state index is -3.26. The molecule has 8 heteroatoms. The summed E-state index contributed by atoms with van der Waals surface area (Å²) in [4.78, 5) is 24.9. The van der Waals surface area contributed by atoms with Gasteiger partial charge in [-0.05, 0) is 42.0 Å². The lowest BCUT2D eigenvalue weighted by Gasteiger charge is -2.40. The molecule has 1 aliphatic rings. The van der Waals surface area contributed by atoms with Gasteiger partial charge in [-0.2, -0.15) is 0 Å². The van der Waals surface area contributed by atoms with Crippen molar-refractivity contribution in [1.82, 2.24) is 4.72 Å². The van der Waals surface area contributed by atoms with E-state index in [1.54, 1.807) is 29.2 Å². The first-order valence-electron chi connectivity index (χ1n) is 8.87. The van der Waals surface area contributed by atoms with E-state index in [9.17, 15) is 18.0 Å². The molecule has 0 radical (unpaired) electrons. The number of hydrogen-bond acceptors (Lipinski definition) is 5. The van der Waals surface area contributed by atoms with Crippen molar-refractivity contribution in [1.29, 1.82) is 0 Å². The van der Waals surface area contributed by atoms with Gasteiger partial charge in [-0.25, -0.2) is 13.1 Å². The summed E-state index contributed by atoms with van der Waals surface area (Å²) >= 11 is 0. The van der Waals surface area contributed by atoms with Crippen LogP contribution in [0.4, 0.5) is 5.69 Å². The molecule has 0 aromatic heterocycles. The standard InChI is InChI=1S/C21H20N2O5S/c1-15(24)28-19-11-7-17(8-12-19)20-14-21(25)23(20)18-9-5-16(6-10-18)4-3-13-22-29(2,26)27/h5-12,20,22H,13-14H2,1-2H3/t20-/m0/s1. The van der Waals surface area contributed by atoms with Crippen molar-refractivity contribution in [3.63, 3.8) is 0 Å². The van der Waals surface area contributed by atoms with Crippen LogP contribution in [-0.4, -0.2) is 33.1 Å². The van der Waals surface area contributed by atoms with Crippen LogP contribution in [0.1, 0.15) is 30.5 Å². The summed E-state index contributed by atoms with van der Waals surface area (Å²) in [7, 11) is -3.26. The SMILES string of the molecule is CC(=O)Oc1ccc([C@@H]2CC(=O)N2c2ccc(C#CCNS(C)(=O)=O)cc2)cc1. The highest BCUT2D eigenvalue weighted by Crippen LogP contribution is 2.39. The maximum Gasteiger partial charge on any atom is 0.308 e. The summed E-state index contributed by atoms with van der Waals surface area (Å²) in [5.74, 6) is 5.72. The second-order valence-electron chi connectivity index (χ2n) is 6.59. The molecule has 1 aliphatic heterocycles. The number of anilines is 1. The normalized spacial score (nSPS) is 15.9. The molecule has 1 N–H and O–H groups in total. The van der Waals surface area contributed by atoms with Crippen molar-refractivity contribution < 1.29 is 22.7 Å². The number of carbonyl (C=O) groups excluding carboxylic acids is 2. The number of hydrogen-bond donors (Lipinski definition) is 1. The smallest absolute Gasteiger partial charge is 0.308 e. The Labute approximate surface area is 169 Å². The Hall–Kier alpha value is -3.15. The van der Waals surface area contributed by atoms with Crippen LogP contribution >= 0.6 is 0 Å². The Morgan fingerprint density at radius 2 is 1.83 bits per heavy atom. The van der Waals surface area contributed by atoms with Crippen LogP contribution in [0.5, 0.6) is 5.75 Å². The Bertz CT molecular complexity index is 1080. The van der Waals surface area contributed by atoms with Crippen LogP contribution in [0.25, 0.3) is 0 Å². The van der Waals surface area contributed by atoms with Gasteiger partial charge in [0.25, 0.3) is 0 Å². The molecule has 29 heavy (non-hydrogen) atoms. The molecule has 1 heterocycles. The van der Waals surface area contributed by atoms with Crippen LogP contribution in [0.3, 0.4) is 0 Å². The van der Waals surface area contributed by atoms with Crippen molar-refractivity contribution in [3.05, 3.63) is 59.7 Å². The van der Waals surface area contributed by atoms with Crippen LogP contribution in [0, 0.1) is 11.8 Å². The number of amides is 1. The molecule has 0 unspecified atom stereocenters. The van der Waals surface area contributed by atoms with Crippen molar-refractivity contribution in [2.45, 2.75) is 19.4 Å². The molecule has 0 spiro atoms. The Morgan fingerprint density at radius 1 is 1.17 bits per heavy atom. The molecule has 3 rings (SSSR count). The molecule has 1 saturated heterocycles. The van der Waals surface area contributed by atoms with Gasteiger partial charge >= 0.3 is 5.97 Å². The molecule has 1 amide bonds. The summed E-state index contributed by atoms with van der Waals surface area (Å²) in [5.41, 5.74) is 2.44. The number of rotatable bonds is 5. The van der Waals surface area contributed by atoms with E-state index < -0.39 is 10.0 Å². The fourth-order valence-corrected chi connectivity index (χ4v) is 3.28. The lowest BCUT2D eigenvalue weighted by atomic mass is 9.93. The zero-order valence-electron chi connectivity index (χ0n) is 16.0. The third-order valence-electron chi connectivity index (χ3n) is 4.28. The van der Waals surface area contributed by atoms with Crippen LogP contribution in [-0.2, 0) is 19.6 Å². The van der Waals surface area contributed by atoms with Gasteiger partial charge in [-0.1, -0.05) is 24.0 Å². The highest BCUT2D eigenvalue weighted by atomic mass is 32.2. The summed E-state index contributed by atoms with van der Waals surface area (Å²) in [6, 6.07) is 14.2. The molecule has 1 fully saturated rings. The number of carbonyl (C=O) groups is 2. The Morgan fingerprint density at radius 3 is 2.38 bits per heavy atom. The minimum Gasteiger partial charge on any atom is -0.427 e. The minimum absolute atomic E-state index is 0.0234. The zero-order valence-corrected chi connectivity index (χ0v) is 16.8. The van der Waals surface area contributed by atoms with Gasteiger partial charge in [-0.3, -0.25) is 9.59 Å². The van der Waals surface area contributed by atoms with E-state index in [1.165, 1.54) is 6.92 Å². The topological polar surface area (TPSA) is 92.8 Å². The fourth-order valence-electron chi connectivity index (χ4n) is 2.95. The van der Waals surface area contributed by atoms with Gasteiger partial charge < -0.3 is 9.64 Å². The lowest BCUT2D eigenvalue weighted by Crippen LogP contribution is -2.46. The number of nitrogens with zero attached hydrogens (tertiary/aromatic N) is 1. The summed E-state index contributed by atoms with van der Waals surface area (Å²) < 4.78 is 29.4. The van der Waals surface area contributed by atoms with Gasteiger partial charge in [-0.15, -0.1) is 0 Å². The average molecular weight is 412 g/mol. The molecule has 0 aliphatic carbocycles. The van der Waals surface area contributed by atoms with Crippen molar-refractivity contribution in [2.24, 2.45) is 0 Å². The quantitative estimate of drug-likeness (QED) is 0.351. The molecule has 2 aromatic carbocycles.